The van der Waals surface area contributed by atoms with E-state index in [-0.39, 0.29) is 0 Å². The molecule has 0 spiro atoms. The first-order valence-corrected chi connectivity index (χ1v) is 9.68. The lowest BCUT2D eigenvalue weighted by molar-refractivity contribution is 0.260. The Labute approximate surface area is 156 Å². The fraction of sp³-hybridized carbons (Fsp3) is 0.391. The highest BCUT2D eigenvalue weighted by Gasteiger charge is 2.36. The van der Waals surface area contributed by atoms with Gasteiger partial charge in [-0.3, -0.25) is 4.90 Å². The van der Waals surface area contributed by atoms with Crippen LogP contribution >= 0.6 is 0 Å². The summed E-state index contributed by atoms with van der Waals surface area (Å²) >= 11 is 0. The zero-order valence-electron chi connectivity index (χ0n) is 16.1. The minimum Gasteiger partial charge on any atom is -0.347 e. The van der Waals surface area contributed by atoms with Crippen LogP contribution in [0.4, 0.5) is 0 Å². The van der Waals surface area contributed by atoms with Crippen molar-refractivity contribution in [2.24, 2.45) is 0 Å². The van der Waals surface area contributed by atoms with E-state index >= 15 is 0 Å². The number of aryl methyl sites for hydroxylation is 1. The van der Waals surface area contributed by atoms with Gasteiger partial charge in [-0.25, -0.2) is 0 Å². The summed E-state index contributed by atoms with van der Waals surface area (Å²) in [6.45, 7) is 6.53. The maximum absolute atomic E-state index is 2.61. The summed E-state index contributed by atoms with van der Waals surface area (Å²) in [5.74, 6) is 0.548. The number of likely N-dealkylation sites (tertiary alicyclic amines) is 1. The molecule has 0 saturated carbocycles. The third-order valence-electron chi connectivity index (χ3n) is 5.84. The van der Waals surface area contributed by atoms with Crippen LogP contribution < -0.4 is 0 Å². The lowest BCUT2D eigenvalue weighted by atomic mass is 9.93. The van der Waals surface area contributed by atoms with Gasteiger partial charge in [-0.15, -0.1) is 0 Å². The minimum absolute atomic E-state index is 0.548. The van der Waals surface area contributed by atoms with Crippen molar-refractivity contribution in [1.82, 2.24) is 14.4 Å². The first kappa shape index (κ1) is 17.3. The predicted octanol–water partition coefficient (Wildman–Crippen LogP) is 4.19. The van der Waals surface area contributed by atoms with E-state index in [0.717, 1.165) is 26.2 Å². The van der Waals surface area contributed by atoms with Gasteiger partial charge < -0.3 is 9.47 Å². The molecule has 2 atom stereocenters. The molecule has 0 N–H and O–H groups in total. The van der Waals surface area contributed by atoms with Crippen molar-refractivity contribution in [3.8, 4) is 0 Å². The zero-order valence-corrected chi connectivity index (χ0v) is 16.1. The molecule has 1 aliphatic rings. The standard InChI is InChI=1S/C23H29N3/c1-4-26-16-20(19-12-8-9-13-22(19)26)21-15-25(17-23(21)24(2)3)14-18-10-6-5-7-11-18/h5-13,16,21,23H,4,14-15,17H2,1-3H3/t21-,23+/m0/s1. The van der Waals surface area contributed by atoms with Gasteiger partial charge in [0.25, 0.3) is 0 Å². The number of hydrogen-bond acceptors (Lipinski definition) is 2. The van der Waals surface area contributed by atoms with Crippen LogP contribution in [0.1, 0.15) is 24.0 Å². The van der Waals surface area contributed by atoms with Gasteiger partial charge >= 0.3 is 0 Å². The van der Waals surface area contributed by atoms with Gasteiger partial charge in [0.2, 0.25) is 0 Å². The molecule has 1 saturated heterocycles. The third kappa shape index (κ3) is 3.17. The number of fused-ring (bicyclic) bond motifs is 1. The Bertz CT molecular complexity index is 866. The number of likely N-dealkylation sites (N-methyl/N-ethyl adjacent to an activating group) is 1. The average Bonchev–Trinajstić information content (AvgIpc) is 3.24. The summed E-state index contributed by atoms with van der Waals surface area (Å²) in [4.78, 5) is 5.02. The highest BCUT2D eigenvalue weighted by molar-refractivity contribution is 5.84. The van der Waals surface area contributed by atoms with Crippen molar-refractivity contribution in [2.75, 3.05) is 27.2 Å². The number of rotatable bonds is 5. The molecule has 0 amide bonds. The topological polar surface area (TPSA) is 11.4 Å². The number of aromatic nitrogens is 1. The Hall–Kier alpha value is -2.10. The maximum Gasteiger partial charge on any atom is 0.0483 e. The molecule has 0 bridgehead atoms. The molecule has 0 radical (unpaired) electrons. The summed E-state index contributed by atoms with van der Waals surface area (Å²) in [7, 11) is 4.45. The van der Waals surface area contributed by atoms with E-state index in [1.54, 1.807) is 0 Å². The SMILES string of the molecule is CCn1cc([C@@H]2CN(Cc3ccccc3)C[C@H]2N(C)C)c2ccccc21. The fourth-order valence-corrected chi connectivity index (χ4v) is 4.50. The lowest BCUT2D eigenvalue weighted by Crippen LogP contribution is -2.34. The van der Waals surface area contributed by atoms with Crippen LogP contribution in [0, 0.1) is 0 Å². The van der Waals surface area contributed by atoms with E-state index in [4.69, 9.17) is 0 Å². The maximum atomic E-state index is 2.61. The quantitative estimate of drug-likeness (QED) is 0.686. The summed E-state index contributed by atoms with van der Waals surface area (Å²) < 4.78 is 2.40. The van der Waals surface area contributed by atoms with E-state index in [2.05, 4.69) is 96.2 Å². The molecule has 1 aromatic heterocycles. The lowest BCUT2D eigenvalue weighted by Gasteiger charge is -2.25. The van der Waals surface area contributed by atoms with Crippen LogP contribution in [-0.2, 0) is 13.1 Å². The molecule has 1 fully saturated rings. The molecule has 3 aromatic rings. The smallest absolute Gasteiger partial charge is 0.0483 e. The zero-order chi connectivity index (χ0) is 18.1. The number of nitrogens with zero attached hydrogens (tertiary/aromatic N) is 3. The van der Waals surface area contributed by atoms with E-state index < -0.39 is 0 Å². The first-order valence-electron chi connectivity index (χ1n) is 9.68. The van der Waals surface area contributed by atoms with Crippen molar-refractivity contribution in [1.29, 1.82) is 0 Å². The molecule has 1 aliphatic heterocycles. The first-order chi connectivity index (χ1) is 12.7. The molecule has 2 aromatic carbocycles. The molecule has 0 aliphatic carbocycles. The Balaban J connectivity index is 1.66. The van der Waals surface area contributed by atoms with Crippen molar-refractivity contribution in [3.63, 3.8) is 0 Å². The van der Waals surface area contributed by atoms with Crippen LogP contribution in [0.15, 0.2) is 60.8 Å². The Morgan fingerprint density at radius 3 is 2.42 bits per heavy atom. The second-order valence-electron chi connectivity index (χ2n) is 7.70. The van der Waals surface area contributed by atoms with Gasteiger partial charge in [0, 0.05) is 55.2 Å². The van der Waals surface area contributed by atoms with Gasteiger partial charge in [0.1, 0.15) is 0 Å². The molecule has 3 nitrogen and oxygen atoms in total. The minimum atomic E-state index is 0.548. The van der Waals surface area contributed by atoms with Gasteiger partial charge in [0.05, 0.1) is 0 Å². The van der Waals surface area contributed by atoms with Crippen LogP contribution in [0.25, 0.3) is 10.9 Å². The van der Waals surface area contributed by atoms with E-state index in [1.165, 1.54) is 22.0 Å². The molecule has 2 heterocycles. The Kier molecular flexibility index (Phi) is 4.84. The monoisotopic (exact) mass is 347 g/mol. The van der Waals surface area contributed by atoms with Crippen molar-refractivity contribution >= 4 is 10.9 Å². The largest absolute Gasteiger partial charge is 0.347 e. The summed E-state index contributed by atoms with van der Waals surface area (Å²) in [5, 5.41) is 1.42. The third-order valence-corrected chi connectivity index (χ3v) is 5.84. The summed E-state index contributed by atoms with van der Waals surface area (Å²) in [6, 6.07) is 20.3. The van der Waals surface area contributed by atoms with Crippen molar-refractivity contribution < 1.29 is 0 Å². The summed E-state index contributed by atoms with van der Waals surface area (Å²) in [5.41, 5.74) is 4.28. The fourth-order valence-electron chi connectivity index (χ4n) is 4.50. The van der Waals surface area contributed by atoms with Crippen molar-refractivity contribution in [3.05, 3.63) is 71.9 Å². The molecule has 0 unspecified atom stereocenters. The molecule has 3 heteroatoms. The molecule has 26 heavy (non-hydrogen) atoms. The van der Waals surface area contributed by atoms with Crippen LogP contribution in [0.2, 0.25) is 0 Å². The normalized spacial score (nSPS) is 21.1. The second kappa shape index (κ2) is 7.26. The van der Waals surface area contributed by atoms with Crippen LogP contribution in [0.3, 0.4) is 0 Å². The molecule has 4 rings (SSSR count). The molecular weight excluding hydrogens is 318 g/mol. The van der Waals surface area contributed by atoms with Crippen molar-refractivity contribution in [2.45, 2.75) is 32.0 Å². The van der Waals surface area contributed by atoms with E-state index in [1.807, 2.05) is 0 Å². The van der Waals surface area contributed by atoms with Gasteiger partial charge in [0.15, 0.2) is 0 Å². The van der Waals surface area contributed by atoms with E-state index in [9.17, 15) is 0 Å². The van der Waals surface area contributed by atoms with Gasteiger partial charge in [-0.2, -0.15) is 0 Å². The Morgan fingerprint density at radius 2 is 1.69 bits per heavy atom. The average molecular weight is 348 g/mol. The summed E-state index contributed by atoms with van der Waals surface area (Å²) in [6.07, 6.45) is 2.40. The number of para-hydroxylation sites is 1. The molecular formula is C23H29N3. The second-order valence-corrected chi connectivity index (χ2v) is 7.70. The van der Waals surface area contributed by atoms with Gasteiger partial charge in [-0.05, 0) is 38.2 Å². The highest BCUT2D eigenvalue weighted by Crippen LogP contribution is 2.36. The number of hydrogen-bond donors (Lipinski definition) is 0. The number of benzene rings is 2. The highest BCUT2D eigenvalue weighted by atomic mass is 15.2. The predicted molar refractivity (Wildman–Crippen MR) is 110 cm³/mol. The molecule has 136 valence electrons. The van der Waals surface area contributed by atoms with Crippen LogP contribution in [0.5, 0.6) is 0 Å². The van der Waals surface area contributed by atoms with Crippen LogP contribution in [-0.4, -0.2) is 47.6 Å². The van der Waals surface area contributed by atoms with Gasteiger partial charge in [-0.1, -0.05) is 48.5 Å². The Morgan fingerprint density at radius 1 is 0.962 bits per heavy atom. The van der Waals surface area contributed by atoms with E-state index in [0.29, 0.717) is 12.0 Å².